The molecule has 5 nitrogen and oxygen atoms in total. The lowest BCUT2D eigenvalue weighted by atomic mass is 9.85. The fraction of sp³-hybridized carbons (Fsp3) is 0.556. The summed E-state index contributed by atoms with van der Waals surface area (Å²) in [5, 5.41) is 0.618. The monoisotopic (exact) mass is 349 g/mol. The van der Waals surface area contributed by atoms with Crippen molar-refractivity contribution < 1.29 is 9.59 Å². The third-order valence-electron chi connectivity index (χ3n) is 5.03. The highest BCUT2D eigenvalue weighted by Gasteiger charge is 2.31. The van der Waals surface area contributed by atoms with E-state index >= 15 is 0 Å². The first-order valence-electron chi connectivity index (χ1n) is 8.64. The summed E-state index contributed by atoms with van der Waals surface area (Å²) in [6.07, 6.45) is 3.79. The Balaban J connectivity index is 1.54. The van der Waals surface area contributed by atoms with E-state index in [1.54, 1.807) is 29.2 Å². The van der Waals surface area contributed by atoms with Crippen LogP contribution in [0.1, 0.15) is 36.0 Å². The molecule has 2 aliphatic rings. The molecule has 0 aromatic heterocycles. The molecule has 2 unspecified atom stereocenters. The highest BCUT2D eigenvalue weighted by atomic mass is 35.5. The number of carbonyl (C=O) groups excluding carboxylic acids is 2. The minimum atomic E-state index is -0.00143. The van der Waals surface area contributed by atoms with Crippen LogP contribution in [0.2, 0.25) is 5.02 Å². The third-order valence-corrected chi connectivity index (χ3v) is 5.29. The number of nitrogens with two attached hydrogens (primary N) is 1. The number of halogens is 1. The molecule has 130 valence electrons. The molecule has 24 heavy (non-hydrogen) atoms. The molecule has 3 rings (SSSR count). The first-order chi connectivity index (χ1) is 11.5. The Kier molecular flexibility index (Phi) is 5.41. The van der Waals surface area contributed by atoms with E-state index in [9.17, 15) is 9.59 Å². The second kappa shape index (κ2) is 7.53. The lowest BCUT2D eigenvalue weighted by Crippen LogP contribution is -2.52. The van der Waals surface area contributed by atoms with Gasteiger partial charge in [-0.25, -0.2) is 0 Å². The zero-order valence-electron chi connectivity index (χ0n) is 13.8. The van der Waals surface area contributed by atoms with Gasteiger partial charge in [0.2, 0.25) is 5.91 Å². The summed E-state index contributed by atoms with van der Waals surface area (Å²) in [6.45, 7) is 2.35. The molecular formula is C18H24ClN3O2. The highest BCUT2D eigenvalue weighted by molar-refractivity contribution is 6.30. The average Bonchev–Trinajstić information content (AvgIpc) is 2.61. The number of benzene rings is 1. The van der Waals surface area contributed by atoms with Gasteiger partial charge in [-0.15, -0.1) is 0 Å². The van der Waals surface area contributed by atoms with Gasteiger partial charge >= 0.3 is 0 Å². The molecule has 1 aliphatic heterocycles. The van der Waals surface area contributed by atoms with Gasteiger partial charge < -0.3 is 15.5 Å². The number of piperazine rings is 1. The minimum Gasteiger partial charge on any atom is -0.339 e. The summed E-state index contributed by atoms with van der Waals surface area (Å²) in [6, 6.07) is 7.08. The Hall–Kier alpha value is -1.59. The molecule has 1 aromatic rings. The van der Waals surface area contributed by atoms with Crippen LogP contribution in [0.5, 0.6) is 0 Å². The molecule has 1 aliphatic carbocycles. The van der Waals surface area contributed by atoms with E-state index in [4.69, 9.17) is 17.3 Å². The van der Waals surface area contributed by atoms with Crippen molar-refractivity contribution >= 4 is 23.4 Å². The average molecular weight is 350 g/mol. The smallest absolute Gasteiger partial charge is 0.253 e. The normalized spacial score (nSPS) is 24.8. The first-order valence-corrected chi connectivity index (χ1v) is 9.01. The topological polar surface area (TPSA) is 66.6 Å². The van der Waals surface area contributed by atoms with Crippen LogP contribution in [0, 0.1) is 5.92 Å². The van der Waals surface area contributed by atoms with Gasteiger partial charge in [-0.05, 0) is 43.5 Å². The molecule has 2 fully saturated rings. The van der Waals surface area contributed by atoms with Crippen LogP contribution >= 0.6 is 11.6 Å². The number of amides is 2. The molecule has 0 spiro atoms. The van der Waals surface area contributed by atoms with Gasteiger partial charge in [0.05, 0.1) is 0 Å². The van der Waals surface area contributed by atoms with Gasteiger partial charge in [-0.2, -0.15) is 0 Å². The Morgan fingerprint density at radius 3 is 2.25 bits per heavy atom. The lowest BCUT2D eigenvalue weighted by molar-refractivity contribution is -0.138. The van der Waals surface area contributed by atoms with Gasteiger partial charge in [-0.1, -0.05) is 18.0 Å². The summed E-state index contributed by atoms with van der Waals surface area (Å²) in [7, 11) is 0. The van der Waals surface area contributed by atoms with Gasteiger partial charge in [0.1, 0.15) is 0 Å². The van der Waals surface area contributed by atoms with Crippen molar-refractivity contribution in [2.75, 3.05) is 26.2 Å². The number of carbonyl (C=O) groups is 2. The van der Waals surface area contributed by atoms with E-state index in [0.717, 1.165) is 25.7 Å². The van der Waals surface area contributed by atoms with Crippen molar-refractivity contribution in [3.8, 4) is 0 Å². The van der Waals surface area contributed by atoms with Gasteiger partial charge in [-0.3, -0.25) is 9.59 Å². The SMILES string of the molecule is NC1CCCC(C(=O)N2CCN(C(=O)c3ccc(Cl)cc3)CC2)C1. The lowest BCUT2D eigenvalue weighted by Gasteiger charge is -2.37. The van der Waals surface area contributed by atoms with E-state index in [1.807, 2.05) is 4.90 Å². The summed E-state index contributed by atoms with van der Waals surface area (Å²) >= 11 is 5.86. The van der Waals surface area contributed by atoms with E-state index in [2.05, 4.69) is 0 Å². The quantitative estimate of drug-likeness (QED) is 0.889. The van der Waals surface area contributed by atoms with Crippen LogP contribution in [0.25, 0.3) is 0 Å². The third kappa shape index (κ3) is 3.90. The van der Waals surface area contributed by atoms with E-state index < -0.39 is 0 Å². The Bertz CT molecular complexity index is 597. The zero-order valence-corrected chi connectivity index (χ0v) is 14.5. The number of hydrogen-bond donors (Lipinski definition) is 1. The van der Waals surface area contributed by atoms with Gasteiger partial charge in [0, 0.05) is 48.7 Å². The molecule has 2 amide bonds. The van der Waals surface area contributed by atoms with Crippen molar-refractivity contribution in [1.82, 2.24) is 9.80 Å². The van der Waals surface area contributed by atoms with Gasteiger partial charge in [0.25, 0.3) is 5.91 Å². The molecule has 2 N–H and O–H groups in total. The summed E-state index contributed by atoms with van der Waals surface area (Å²) < 4.78 is 0. The van der Waals surface area contributed by atoms with E-state index in [-0.39, 0.29) is 23.8 Å². The Morgan fingerprint density at radius 1 is 1.00 bits per heavy atom. The van der Waals surface area contributed by atoms with Crippen LogP contribution < -0.4 is 5.73 Å². The maximum Gasteiger partial charge on any atom is 0.253 e. The van der Waals surface area contributed by atoms with Crippen LogP contribution in [0.15, 0.2) is 24.3 Å². The summed E-state index contributed by atoms with van der Waals surface area (Å²) in [5.74, 6) is 0.273. The van der Waals surface area contributed by atoms with Gasteiger partial charge in [0.15, 0.2) is 0 Å². The molecule has 1 aromatic carbocycles. The fourth-order valence-corrected chi connectivity index (χ4v) is 3.74. The largest absolute Gasteiger partial charge is 0.339 e. The second-order valence-electron chi connectivity index (χ2n) is 6.75. The number of nitrogens with zero attached hydrogens (tertiary/aromatic N) is 2. The molecule has 2 atom stereocenters. The summed E-state index contributed by atoms with van der Waals surface area (Å²) in [5.41, 5.74) is 6.63. The maximum absolute atomic E-state index is 12.6. The van der Waals surface area contributed by atoms with Crippen molar-refractivity contribution in [3.05, 3.63) is 34.9 Å². The number of hydrogen-bond acceptors (Lipinski definition) is 3. The number of rotatable bonds is 2. The maximum atomic E-state index is 12.6. The van der Waals surface area contributed by atoms with Crippen molar-refractivity contribution in [3.63, 3.8) is 0 Å². The van der Waals surface area contributed by atoms with Crippen LogP contribution in [-0.2, 0) is 4.79 Å². The van der Waals surface area contributed by atoms with E-state index in [1.165, 1.54) is 0 Å². The van der Waals surface area contributed by atoms with E-state index in [0.29, 0.717) is 36.8 Å². The molecule has 6 heteroatoms. The molecule has 1 saturated carbocycles. The molecule has 0 radical (unpaired) electrons. The molecular weight excluding hydrogens is 326 g/mol. The molecule has 1 heterocycles. The Labute approximate surface area is 147 Å². The second-order valence-corrected chi connectivity index (χ2v) is 7.18. The van der Waals surface area contributed by atoms with Crippen molar-refractivity contribution in [2.45, 2.75) is 31.7 Å². The van der Waals surface area contributed by atoms with Crippen LogP contribution in [0.4, 0.5) is 0 Å². The highest BCUT2D eigenvalue weighted by Crippen LogP contribution is 2.25. The minimum absolute atomic E-state index is 0.00143. The molecule has 0 bridgehead atoms. The predicted octanol–water partition coefficient (Wildman–Crippen LogP) is 2.14. The predicted molar refractivity (Wildman–Crippen MR) is 93.9 cm³/mol. The zero-order chi connectivity index (χ0) is 17.1. The standard InChI is InChI=1S/C18H24ClN3O2/c19-15-6-4-13(5-7-15)17(23)21-8-10-22(11-9-21)18(24)14-2-1-3-16(20)12-14/h4-7,14,16H,1-3,8-12,20H2. The Morgan fingerprint density at radius 2 is 1.62 bits per heavy atom. The summed E-state index contributed by atoms with van der Waals surface area (Å²) in [4.78, 5) is 28.8. The molecule has 1 saturated heterocycles. The van der Waals surface area contributed by atoms with Crippen LogP contribution in [0.3, 0.4) is 0 Å². The van der Waals surface area contributed by atoms with Crippen molar-refractivity contribution in [2.24, 2.45) is 11.7 Å². The van der Waals surface area contributed by atoms with Crippen molar-refractivity contribution in [1.29, 1.82) is 0 Å². The van der Waals surface area contributed by atoms with Crippen LogP contribution in [-0.4, -0.2) is 53.8 Å². The fourth-order valence-electron chi connectivity index (χ4n) is 3.62. The first kappa shape index (κ1) is 17.2.